The zero-order chi connectivity index (χ0) is 20.9. The Morgan fingerprint density at radius 3 is 2.90 bits per heavy atom. The summed E-state index contributed by atoms with van der Waals surface area (Å²) in [6.45, 7) is 14.8. The van der Waals surface area contributed by atoms with Crippen molar-refractivity contribution in [3.8, 4) is 6.07 Å². The first-order valence-electron chi connectivity index (χ1n) is 10.5. The van der Waals surface area contributed by atoms with Crippen molar-refractivity contribution in [3.63, 3.8) is 0 Å². The van der Waals surface area contributed by atoms with Crippen LogP contribution in [0.2, 0.25) is 0 Å². The predicted molar refractivity (Wildman–Crippen MR) is 119 cm³/mol. The highest BCUT2D eigenvalue weighted by Crippen LogP contribution is 2.36. The Morgan fingerprint density at radius 1 is 1.38 bits per heavy atom. The van der Waals surface area contributed by atoms with Crippen molar-refractivity contribution in [1.29, 1.82) is 5.26 Å². The van der Waals surface area contributed by atoms with E-state index in [1.165, 1.54) is 6.42 Å². The minimum Gasteiger partial charge on any atom is -0.316 e. The summed E-state index contributed by atoms with van der Waals surface area (Å²) in [7, 11) is 0. The van der Waals surface area contributed by atoms with Crippen molar-refractivity contribution in [1.82, 2.24) is 19.8 Å². The molecule has 1 aliphatic heterocycles. The van der Waals surface area contributed by atoms with Crippen LogP contribution in [0.1, 0.15) is 57.8 Å². The molecule has 3 heterocycles. The van der Waals surface area contributed by atoms with E-state index in [1.54, 1.807) is 29.7 Å². The monoisotopic (exact) mass is 412 g/mol. The van der Waals surface area contributed by atoms with Crippen molar-refractivity contribution in [3.05, 3.63) is 35.0 Å². The summed E-state index contributed by atoms with van der Waals surface area (Å²) in [5, 5.41) is 15.3. The van der Waals surface area contributed by atoms with Crippen LogP contribution >= 0.6 is 11.3 Å². The van der Waals surface area contributed by atoms with Gasteiger partial charge < -0.3 is 10.2 Å². The van der Waals surface area contributed by atoms with E-state index in [-0.39, 0.29) is 5.41 Å². The molecule has 2 aromatic heterocycles. The number of nitrogens with zero attached hydrogens (tertiary/aromatic N) is 5. The number of aromatic nitrogens is 2. The van der Waals surface area contributed by atoms with E-state index in [0.717, 1.165) is 50.0 Å². The molecule has 0 unspecified atom stereocenters. The molecule has 1 aliphatic rings. The first-order chi connectivity index (χ1) is 13.9. The molecule has 1 saturated heterocycles. The quantitative estimate of drug-likeness (QED) is 0.646. The molecule has 0 aromatic carbocycles. The van der Waals surface area contributed by atoms with Gasteiger partial charge in [0.25, 0.3) is 0 Å². The van der Waals surface area contributed by atoms with Crippen molar-refractivity contribution in [2.75, 3.05) is 38.0 Å². The van der Waals surface area contributed by atoms with Gasteiger partial charge in [-0.2, -0.15) is 5.26 Å². The molecule has 156 valence electrons. The molecule has 0 amide bonds. The van der Waals surface area contributed by atoms with Crippen LogP contribution in [0.3, 0.4) is 0 Å². The lowest BCUT2D eigenvalue weighted by Crippen LogP contribution is -2.42. The maximum atomic E-state index is 9.06. The van der Waals surface area contributed by atoms with E-state index in [9.17, 15) is 0 Å². The maximum Gasteiger partial charge on any atom is 0.188 e. The second-order valence-electron chi connectivity index (χ2n) is 8.50. The number of hydrogen-bond donors (Lipinski definition) is 1. The van der Waals surface area contributed by atoms with Crippen LogP contribution in [-0.4, -0.2) is 52.5 Å². The SMILES string of the molecule is CCN(CC)CC(C)(C)CN1CCC[C@@H]1c1csc(Nc2cc(C#N)ccn2)n1. The molecule has 0 spiro atoms. The summed E-state index contributed by atoms with van der Waals surface area (Å²) in [6.07, 6.45) is 4.02. The van der Waals surface area contributed by atoms with Gasteiger partial charge in [-0.1, -0.05) is 27.7 Å². The smallest absolute Gasteiger partial charge is 0.188 e. The third-order valence-corrected chi connectivity index (χ3v) is 6.30. The zero-order valence-corrected chi connectivity index (χ0v) is 18.8. The highest BCUT2D eigenvalue weighted by Gasteiger charge is 2.33. The van der Waals surface area contributed by atoms with Gasteiger partial charge >= 0.3 is 0 Å². The number of likely N-dealkylation sites (tertiary alicyclic amines) is 1. The summed E-state index contributed by atoms with van der Waals surface area (Å²) in [5.41, 5.74) is 1.98. The van der Waals surface area contributed by atoms with Gasteiger partial charge in [0, 0.05) is 24.7 Å². The van der Waals surface area contributed by atoms with Gasteiger partial charge in [0.05, 0.1) is 23.4 Å². The van der Waals surface area contributed by atoms with E-state index in [2.05, 4.69) is 59.2 Å². The largest absolute Gasteiger partial charge is 0.316 e. The van der Waals surface area contributed by atoms with Crippen LogP contribution in [-0.2, 0) is 0 Å². The second kappa shape index (κ2) is 9.66. The number of pyridine rings is 1. The van der Waals surface area contributed by atoms with Crippen LogP contribution in [0.15, 0.2) is 23.7 Å². The Balaban J connectivity index is 1.66. The molecule has 6 nitrogen and oxygen atoms in total. The molecule has 0 bridgehead atoms. The molecular formula is C22H32N6S. The minimum absolute atomic E-state index is 0.243. The fourth-order valence-corrected chi connectivity index (χ4v) is 4.94. The van der Waals surface area contributed by atoms with E-state index >= 15 is 0 Å². The fraction of sp³-hybridized carbons (Fsp3) is 0.591. The Morgan fingerprint density at radius 2 is 2.17 bits per heavy atom. The third kappa shape index (κ3) is 5.75. The molecule has 0 aliphatic carbocycles. The van der Waals surface area contributed by atoms with Gasteiger partial charge in [0.2, 0.25) is 0 Å². The first kappa shape index (κ1) is 21.7. The van der Waals surface area contributed by atoms with E-state index in [0.29, 0.717) is 17.4 Å². The van der Waals surface area contributed by atoms with Crippen LogP contribution in [0.25, 0.3) is 0 Å². The average Bonchev–Trinajstić information content (AvgIpc) is 3.35. The Kier molecular flexibility index (Phi) is 7.23. The number of rotatable bonds is 9. The van der Waals surface area contributed by atoms with Crippen LogP contribution < -0.4 is 5.32 Å². The van der Waals surface area contributed by atoms with E-state index < -0.39 is 0 Å². The standard InChI is InChI=1S/C22H32N6S/c1-5-27(6-2)15-22(3,4)16-28-11-7-8-19(28)18-14-29-21(25-18)26-20-12-17(13-23)9-10-24-20/h9-10,12,14,19H,5-8,11,15-16H2,1-4H3,(H,24,25,26)/t19-/m1/s1. The summed E-state index contributed by atoms with van der Waals surface area (Å²) in [4.78, 5) is 14.3. The number of nitrogens with one attached hydrogen (secondary N) is 1. The molecule has 0 saturated carbocycles. The molecule has 29 heavy (non-hydrogen) atoms. The second-order valence-corrected chi connectivity index (χ2v) is 9.36. The van der Waals surface area contributed by atoms with Crippen molar-refractivity contribution in [2.24, 2.45) is 5.41 Å². The number of nitriles is 1. The number of hydrogen-bond acceptors (Lipinski definition) is 7. The van der Waals surface area contributed by atoms with Gasteiger partial charge in [0.1, 0.15) is 5.82 Å². The molecular weight excluding hydrogens is 380 g/mol. The fourth-order valence-electron chi connectivity index (χ4n) is 4.18. The van der Waals surface area contributed by atoms with Gasteiger partial charge in [-0.3, -0.25) is 4.90 Å². The van der Waals surface area contributed by atoms with Crippen LogP contribution in [0.4, 0.5) is 10.9 Å². The van der Waals surface area contributed by atoms with Crippen molar-refractivity contribution < 1.29 is 0 Å². The molecule has 2 aromatic rings. The van der Waals surface area contributed by atoms with Crippen LogP contribution in [0.5, 0.6) is 0 Å². The lowest BCUT2D eigenvalue weighted by molar-refractivity contribution is 0.117. The molecule has 3 rings (SSSR count). The lowest BCUT2D eigenvalue weighted by Gasteiger charge is -2.36. The lowest BCUT2D eigenvalue weighted by atomic mass is 9.91. The maximum absolute atomic E-state index is 9.06. The zero-order valence-electron chi connectivity index (χ0n) is 18.0. The van der Waals surface area contributed by atoms with Gasteiger partial charge in [-0.15, -0.1) is 11.3 Å². The third-order valence-electron chi connectivity index (χ3n) is 5.53. The van der Waals surface area contributed by atoms with Gasteiger partial charge in [-0.25, -0.2) is 9.97 Å². The Labute approximate surface area is 178 Å². The van der Waals surface area contributed by atoms with Gasteiger partial charge in [0.15, 0.2) is 5.13 Å². The Bertz CT molecular complexity index is 836. The summed E-state index contributed by atoms with van der Waals surface area (Å²) >= 11 is 1.60. The van der Waals surface area contributed by atoms with Crippen LogP contribution in [0, 0.1) is 16.7 Å². The van der Waals surface area contributed by atoms with E-state index in [4.69, 9.17) is 10.2 Å². The topological polar surface area (TPSA) is 68.1 Å². The number of anilines is 2. The summed E-state index contributed by atoms with van der Waals surface area (Å²) < 4.78 is 0. The molecule has 1 atom stereocenters. The van der Waals surface area contributed by atoms with Gasteiger partial charge in [-0.05, 0) is 50.0 Å². The van der Waals surface area contributed by atoms with Crippen molar-refractivity contribution >= 4 is 22.3 Å². The number of thiazole rings is 1. The molecule has 7 heteroatoms. The normalized spacial score (nSPS) is 17.6. The minimum atomic E-state index is 0.243. The summed E-state index contributed by atoms with van der Waals surface area (Å²) in [5.74, 6) is 0.661. The summed E-state index contributed by atoms with van der Waals surface area (Å²) in [6, 6.07) is 5.98. The molecule has 1 fully saturated rings. The highest BCUT2D eigenvalue weighted by atomic mass is 32.1. The molecule has 0 radical (unpaired) electrons. The highest BCUT2D eigenvalue weighted by molar-refractivity contribution is 7.13. The Hall–Kier alpha value is -2.01. The predicted octanol–water partition coefficient (Wildman–Crippen LogP) is 4.66. The van der Waals surface area contributed by atoms with E-state index in [1.807, 2.05) is 0 Å². The van der Waals surface area contributed by atoms with Crippen molar-refractivity contribution in [2.45, 2.75) is 46.6 Å². The average molecular weight is 413 g/mol. The first-order valence-corrected chi connectivity index (χ1v) is 11.4. The molecule has 1 N–H and O–H groups in total.